The molecule has 88 valence electrons. The molecule has 3 N–H and O–H groups in total. The van der Waals surface area contributed by atoms with Gasteiger partial charge in [0.2, 0.25) is 0 Å². The maximum Gasteiger partial charge on any atom is 0.270 e. The van der Waals surface area contributed by atoms with E-state index in [-0.39, 0.29) is 5.91 Å². The molecule has 0 radical (unpaired) electrons. The number of nitrogens with zero attached hydrogens (tertiary/aromatic N) is 1. The summed E-state index contributed by atoms with van der Waals surface area (Å²) in [5.74, 6) is 1.38. The Balaban J connectivity index is 1.82. The van der Waals surface area contributed by atoms with Gasteiger partial charge in [0, 0.05) is 18.3 Å². The molecule has 0 aromatic carbocycles. The second kappa shape index (κ2) is 4.93. The molecule has 1 heterocycles. The maximum absolute atomic E-state index is 11.7. The molecule has 0 bridgehead atoms. The van der Waals surface area contributed by atoms with Crippen LogP contribution in [0.25, 0.3) is 0 Å². The summed E-state index contributed by atoms with van der Waals surface area (Å²) in [4.78, 5) is 15.9. The molecule has 1 aliphatic rings. The van der Waals surface area contributed by atoms with Crippen LogP contribution in [0.3, 0.4) is 0 Å². The van der Waals surface area contributed by atoms with E-state index in [0.29, 0.717) is 18.2 Å². The van der Waals surface area contributed by atoms with Gasteiger partial charge in [-0.05, 0) is 24.8 Å². The van der Waals surface area contributed by atoms with Gasteiger partial charge in [0.15, 0.2) is 0 Å². The van der Waals surface area contributed by atoms with Gasteiger partial charge in [-0.25, -0.2) is 4.98 Å². The predicted octanol–water partition coefficient (Wildman–Crippen LogP) is 1.03. The second-order valence-electron chi connectivity index (χ2n) is 4.35. The minimum absolute atomic E-state index is 0.0568. The number of carbonyl (C=O) groups excluding carboxylic acids is 1. The Labute approximate surface area is 99.3 Å². The highest BCUT2D eigenvalue weighted by Crippen LogP contribution is 2.36. The van der Waals surface area contributed by atoms with Crippen LogP contribution in [0.4, 0.5) is 0 Å². The molecular weight excluding hydrogens is 222 g/mol. The van der Waals surface area contributed by atoms with Gasteiger partial charge in [0.05, 0.1) is 5.01 Å². The first-order chi connectivity index (χ1) is 7.70. The summed E-state index contributed by atoms with van der Waals surface area (Å²) in [6, 6.07) is 0. The standard InChI is InChI=1S/C11H17N3OS/c1-7-4-8(7)5-13-11(15)9-6-16-10(14-9)2-3-12/h6-8H,2-5,12H2,1H3,(H,13,15). The van der Waals surface area contributed by atoms with Gasteiger partial charge in [-0.3, -0.25) is 4.79 Å². The fourth-order valence-corrected chi connectivity index (χ4v) is 2.45. The zero-order valence-electron chi connectivity index (χ0n) is 9.40. The fourth-order valence-electron chi connectivity index (χ4n) is 1.65. The number of hydrogen-bond acceptors (Lipinski definition) is 4. The highest BCUT2D eigenvalue weighted by Gasteiger charge is 2.32. The monoisotopic (exact) mass is 239 g/mol. The van der Waals surface area contributed by atoms with E-state index in [0.717, 1.165) is 23.9 Å². The third-order valence-electron chi connectivity index (χ3n) is 2.94. The summed E-state index contributed by atoms with van der Waals surface area (Å²) in [5.41, 5.74) is 5.96. The molecule has 5 heteroatoms. The number of thiazole rings is 1. The van der Waals surface area contributed by atoms with E-state index >= 15 is 0 Å². The number of aromatic nitrogens is 1. The molecule has 0 saturated heterocycles. The third-order valence-corrected chi connectivity index (χ3v) is 3.85. The van der Waals surface area contributed by atoms with Crippen molar-refractivity contribution in [1.82, 2.24) is 10.3 Å². The summed E-state index contributed by atoms with van der Waals surface area (Å²) >= 11 is 1.50. The second-order valence-corrected chi connectivity index (χ2v) is 5.29. The van der Waals surface area contributed by atoms with E-state index in [2.05, 4.69) is 17.2 Å². The van der Waals surface area contributed by atoms with Crippen molar-refractivity contribution < 1.29 is 4.79 Å². The topological polar surface area (TPSA) is 68.0 Å². The van der Waals surface area contributed by atoms with Crippen molar-refractivity contribution in [2.24, 2.45) is 17.6 Å². The van der Waals surface area contributed by atoms with Crippen molar-refractivity contribution in [1.29, 1.82) is 0 Å². The molecular formula is C11H17N3OS. The zero-order chi connectivity index (χ0) is 11.5. The van der Waals surface area contributed by atoms with Crippen LogP contribution < -0.4 is 11.1 Å². The normalized spacial score (nSPS) is 23.1. The molecule has 1 aromatic heterocycles. The summed E-state index contributed by atoms with van der Waals surface area (Å²) in [6.07, 6.45) is 1.98. The van der Waals surface area contributed by atoms with Gasteiger partial charge in [-0.2, -0.15) is 0 Å². The van der Waals surface area contributed by atoms with Crippen molar-refractivity contribution in [2.45, 2.75) is 19.8 Å². The number of nitrogens with one attached hydrogen (secondary N) is 1. The largest absolute Gasteiger partial charge is 0.350 e. The van der Waals surface area contributed by atoms with Crippen molar-refractivity contribution in [3.05, 3.63) is 16.1 Å². The van der Waals surface area contributed by atoms with Crippen LogP contribution in [0, 0.1) is 11.8 Å². The molecule has 1 fully saturated rings. The lowest BCUT2D eigenvalue weighted by Gasteiger charge is -2.00. The average Bonchev–Trinajstić information content (AvgIpc) is 2.78. The molecule has 1 amide bonds. The van der Waals surface area contributed by atoms with E-state index < -0.39 is 0 Å². The highest BCUT2D eigenvalue weighted by molar-refractivity contribution is 7.09. The first-order valence-electron chi connectivity index (χ1n) is 5.63. The lowest BCUT2D eigenvalue weighted by molar-refractivity contribution is 0.0947. The zero-order valence-corrected chi connectivity index (χ0v) is 10.2. The fraction of sp³-hybridized carbons (Fsp3) is 0.636. The molecule has 2 rings (SSSR count). The summed E-state index contributed by atoms with van der Waals surface area (Å²) in [6.45, 7) is 3.57. The number of amides is 1. The van der Waals surface area contributed by atoms with Gasteiger partial charge in [-0.1, -0.05) is 6.92 Å². The van der Waals surface area contributed by atoms with Crippen molar-refractivity contribution in [3.8, 4) is 0 Å². The lowest BCUT2D eigenvalue weighted by Crippen LogP contribution is -2.26. The Hall–Kier alpha value is -0.940. The van der Waals surface area contributed by atoms with Crippen LogP contribution in [0.15, 0.2) is 5.38 Å². The van der Waals surface area contributed by atoms with Crippen LogP contribution in [-0.4, -0.2) is 24.0 Å². The molecule has 2 atom stereocenters. The minimum atomic E-state index is -0.0568. The van der Waals surface area contributed by atoms with Crippen molar-refractivity contribution in [2.75, 3.05) is 13.1 Å². The van der Waals surface area contributed by atoms with E-state index in [1.54, 1.807) is 5.38 Å². The number of carbonyl (C=O) groups is 1. The molecule has 1 aromatic rings. The summed E-state index contributed by atoms with van der Waals surface area (Å²) in [7, 11) is 0. The van der Waals surface area contributed by atoms with Gasteiger partial charge >= 0.3 is 0 Å². The van der Waals surface area contributed by atoms with Crippen LogP contribution in [0.2, 0.25) is 0 Å². The van der Waals surface area contributed by atoms with Crippen LogP contribution in [0.5, 0.6) is 0 Å². The molecule has 4 nitrogen and oxygen atoms in total. The predicted molar refractivity (Wildman–Crippen MR) is 64.5 cm³/mol. The molecule has 1 aliphatic carbocycles. The van der Waals surface area contributed by atoms with Gasteiger partial charge in [0.1, 0.15) is 5.69 Å². The Morgan fingerprint density at radius 2 is 2.50 bits per heavy atom. The van der Waals surface area contributed by atoms with Crippen LogP contribution in [0.1, 0.15) is 28.8 Å². The molecule has 0 spiro atoms. The quantitative estimate of drug-likeness (QED) is 0.806. The number of nitrogens with two attached hydrogens (primary N) is 1. The van der Waals surface area contributed by atoms with Crippen molar-refractivity contribution in [3.63, 3.8) is 0 Å². The first kappa shape index (κ1) is 11.5. The van der Waals surface area contributed by atoms with Crippen LogP contribution in [-0.2, 0) is 6.42 Å². The van der Waals surface area contributed by atoms with Crippen LogP contribution >= 0.6 is 11.3 Å². The highest BCUT2D eigenvalue weighted by atomic mass is 32.1. The molecule has 1 saturated carbocycles. The van der Waals surface area contributed by atoms with Gasteiger partial charge in [-0.15, -0.1) is 11.3 Å². The van der Waals surface area contributed by atoms with Gasteiger partial charge < -0.3 is 11.1 Å². The Kier molecular flexibility index (Phi) is 3.56. The molecule has 0 aliphatic heterocycles. The number of rotatable bonds is 5. The Bertz CT molecular complexity index is 377. The Morgan fingerprint density at radius 1 is 1.75 bits per heavy atom. The number of hydrogen-bond donors (Lipinski definition) is 2. The lowest BCUT2D eigenvalue weighted by atomic mass is 10.3. The summed E-state index contributed by atoms with van der Waals surface area (Å²) < 4.78 is 0. The first-order valence-corrected chi connectivity index (χ1v) is 6.51. The van der Waals surface area contributed by atoms with E-state index in [4.69, 9.17) is 5.73 Å². The van der Waals surface area contributed by atoms with Crippen molar-refractivity contribution >= 4 is 17.2 Å². The van der Waals surface area contributed by atoms with E-state index in [1.165, 1.54) is 17.8 Å². The minimum Gasteiger partial charge on any atom is -0.350 e. The molecule has 2 unspecified atom stereocenters. The SMILES string of the molecule is CC1CC1CNC(=O)c1csc(CCN)n1. The average molecular weight is 239 g/mol. The Morgan fingerprint density at radius 3 is 3.12 bits per heavy atom. The van der Waals surface area contributed by atoms with Gasteiger partial charge in [0.25, 0.3) is 5.91 Å². The maximum atomic E-state index is 11.7. The van der Waals surface area contributed by atoms with E-state index in [9.17, 15) is 4.79 Å². The molecule has 16 heavy (non-hydrogen) atoms. The smallest absolute Gasteiger partial charge is 0.270 e. The third kappa shape index (κ3) is 2.80. The van der Waals surface area contributed by atoms with E-state index in [1.807, 2.05) is 0 Å². The summed E-state index contributed by atoms with van der Waals surface area (Å²) in [5, 5.41) is 5.66.